The topological polar surface area (TPSA) is 106 Å². The lowest BCUT2D eigenvalue weighted by atomic mass is 10.1. The predicted octanol–water partition coefficient (Wildman–Crippen LogP) is 5.07. The molecule has 0 fully saturated rings. The Kier molecular flexibility index (Phi) is 7.99. The minimum Gasteiger partial charge on any atom is -0.463 e. The van der Waals surface area contributed by atoms with Crippen molar-refractivity contribution in [2.24, 2.45) is 0 Å². The van der Waals surface area contributed by atoms with Crippen LogP contribution < -0.4 is 20.1 Å². The summed E-state index contributed by atoms with van der Waals surface area (Å²) in [7, 11) is 0. The molecule has 0 saturated heterocycles. The van der Waals surface area contributed by atoms with Crippen molar-refractivity contribution in [2.45, 2.75) is 39.6 Å². The van der Waals surface area contributed by atoms with Crippen LogP contribution in [0.1, 0.15) is 27.7 Å². The van der Waals surface area contributed by atoms with E-state index in [2.05, 4.69) is 15.4 Å². The van der Waals surface area contributed by atoms with Crippen molar-refractivity contribution in [3.8, 4) is 11.5 Å². The molecule has 3 rings (SSSR count). The molecule has 0 unspecified atom stereocenters. The first-order valence-corrected chi connectivity index (χ1v) is 11.2. The van der Waals surface area contributed by atoms with Crippen molar-refractivity contribution in [1.29, 1.82) is 0 Å². The molecule has 12 heteroatoms. The molecule has 2 aromatic rings. The minimum atomic E-state index is -4.82. The Balaban J connectivity index is 1.65. The summed E-state index contributed by atoms with van der Waals surface area (Å²) in [5.74, 6) is -1.20. The van der Waals surface area contributed by atoms with E-state index >= 15 is 0 Å². The Morgan fingerprint density at radius 2 is 1.51 bits per heavy atom. The van der Waals surface area contributed by atoms with Gasteiger partial charge in [0.25, 0.3) is 5.91 Å². The molecule has 1 aliphatic rings. The summed E-state index contributed by atoms with van der Waals surface area (Å²) >= 11 is 0. The zero-order chi connectivity index (χ0) is 27.4. The molecule has 0 saturated carbocycles. The van der Waals surface area contributed by atoms with Crippen molar-refractivity contribution in [2.75, 3.05) is 23.8 Å². The van der Waals surface area contributed by atoms with E-state index in [1.165, 1.54) is 24.3 Å². The van der Waals surface area contributed by atoms with E-state index in [1.807, 2.05) is 20.8 Å². The van der Waals surface area contributed by atoms with Crippen LogP contribution in [0.4, 0.5) is 29.3 Å². The van der Waals surface area contributed by atoms with Gasteiger partial charge in [-0.1, -0.05) is 0 Å². The van der Waals surface area contributed by atoms with Gasteiger partial charge in [0.1, 0.15) is 17.2 Å². The molecule has 2 amide bonds. The second-order valence-corrected chi connectivity index (χ2v) is 8.87. The Morgan fingerprint density at radius 3 is 2.05 bits per heavy atom. The largest absolute Gasteiger partial charge is 0.573 e. The maximum Gasteiger partial charge on any atom is 0.573 e. The summed E-state index contributed by atoms with van der Waals surface area (Å²) in [5, 5.41) is 5.35. The van der Waals surface area contributed by atoms with Gasteiger partial charge in [0.05, 0.1) is 18.7 Å². The van der Waals surface area contributed by atoms with Crippen LogP contribution in [-0.4, -0.2) is 47.9 Å². The standard InChI is InChI=1S/C25H26F3N3O6/c1-5-35-22(33)19-14-31(24(2,3)4)21(32)20(19)29-15-6-10-17(11-7-15)36-23(34)30-16-8-12-18(13-9-16)37-25(26,27)28/h6-13,29H,5,14H2,1-4H3,(H,30,34). The highest BCUT2D eigenvalue weighted by atomic mass is 19.4. The maximum atomic E-state index is 13.0. The van der Waals surface area contributed by atoms with Crippen LogP contribution in [0.5, 0.6) is 11.5 Å². The normalized spacial score (nSPS) is 13.9. The molecule has 2 aromatic carbocycles. The second kappa shape index (κ2) is 10.8. The summed E-state index contributed by atoms with van der Waals surface area (Å²) in [6.45, 7) is 7.53. The van der Waals surface area contributed by atoms with Crippen molar-refractivity contribution in [3.05, 3.63) is 59.8 Å². The maximum absolute atomic E-state index is 13.0. The Bertz CT molecular complexity index is 1190. The molecule has 1 heterocycles. The summed E-state index contributed by atoms with van der Waals surface area (Å²) in [4.78, 5) is 39.2. The average molecular weight is 521 g/mol. The summed E-state index contributed by atoms with van der Waals surface area (Å²) in [6.07, 6.45) is -5.69. The SMILES string of the molecule is CCOC(=O)C1=C(Nc2ccc(OC(=O)Nc3ccc(OC(F)(F)F)cc3)cc2)C(=O)N(C(C)(C)C)C1. The quantitative estimate of drug-likeness (QED) is 0.490. The number of nitrogens with zero attached hydrogens (tertiary/aromatic N) is 1. The lowest BCUT2D eigenvalue weighted by molar-refractivity contribution is -0.274. The monoisotopic (exact) mass is 521 g/mol. The van der Waals surface area contributed by atoms with Crippen LogP contribution in [0.25, 0.3) is 0 Å². The zero-order valence-electron chi connectivity index (χ0n) is 20.6. The molecule has 0 aliphatic carbocycles. The molecule has 0 atom stereocenters. The summed E-state index contributed by atoms with van der Waals surface area (Å²) in [6, 6.07) is 10.6. The van der Waals surface area contributed by atoms with Gasteiger partial charge in [-0.05, 0) is 76.2 Å². The molecule has 2 N–H and O–H groups in total. The molecule has 37 heavy (non-hydrogen) atoms. The molecular weight excluding hydrogens is 495 g/mol. The first kappa shape index (κ1) is 27.4. The van der Waals surface area contributed by atoms with Gasteiger partial charge in [0.15, 0.2) is 0 Å². The minimum absolute atomic E-state index is 0.105. The van der Waals surface area contributed by atoms with E-state index in [4.69, 9.17) is 9.47 Å². The highest BCUT2D eigenvalue weighted by molar-refractivity contribution is 6.08. The number of rotatable bonds is 7. The third-order valence-corrected chi connectivity index (χ3v) is 5.08. The number of hydrogen-bond donors (Lipinski definition) is 2. The third-order valence-electron chi connectivity index (χ3n) is 5.08. The number of carbonyl (C=O) groups is 3. The average Bonchev–Trinajstić information content (AvgIpc) is 3.12. The fourth-order valence-electron chi connectivity index (χ4n) is 3.37. The second-order valence-electron chi connectivity index (χ2n) is 8.87. The molecular formula is C25H26F3N3O6. The van der Waals surface area contributed by atoms with Gasteiger partial charge >= 0.3 is 18.4 Å². The van der Waals surface area contributed by atoms with E-state index < -0.39 is 29.7 Å². The smallest absolute Gasteiger partial charge is 0.463 e. The predicted molar refractivity (Wildman–Crippen MR) is 128 cm³/mol. The number of anilines is 2. The summed E-state index contributed by atoms with van der Waals surface area (Å²) in [5.41, 5.74) is 0.466. The van der Waals surface area contributed by atoms with E-state index in [9.17, 15) is 27.6 Å². The number of carbonyl (C=O) groups excluding carboxylic acids is 3. The molecule has 198 valence electrons. The van der Waals surface area contributed by atoms with Crippen molar-refractivity contribution in [1.82, 2.24) is 4.90 Å². The number of esters is 1. The van der Waals surface area contributed by atoms with Crippen LogP contribution in [0.2, 0.25) is 0 Å². The van der Waals surface area contributed by atoms with Gasteiger partial charge in [-0.3, -0.25) is 10.1 Å². The number of ether oxygens (including phenoxy) is 3. The van der Waals surface area contributed by atoms with Gasteiger partial charge < -0.3 is 24.4 Å². The van der Waals surface area contributed by atoms with Crippen LogP contribution in [-0.2, 0) is 14.3 Å². The number of benzene rings is 2. The van der Waals surface area contributed by atoms with Crippen LogP contribution >= 0.6 is 0 Å². The van der Waals surface area contributed by atoms with Crippen LogP contribution in [0.3, 0.4) is 0 Å². The fraction of sp³-hybridized carbons (Fsp3) is 0.320. The van der Waals surface area contributed by atoms with Crippen LogP contribution in [0, 0.1) is 0 Å². The fourth-order valence-corrected chi connectivity index (χ4v) is 3.37. The lowest BCUT2D eigenvalue weighted by Crippen LogP contribution is -2.44. The Labute approximate surface area is 211 Å². The Morgan fingerprint density at radius 1 is 0.946 bits per heavy atom. The van der Waals surface area contributed by atoms with Crippen molar-refractivity contribution < 1.29 is 41.8 Å². The molecule has 0 bridgehead atoms. The van der Waals surface area contributed by atoms with E-state index in [-0.39, 0.29) is 41.8 Å². The van der Waals surface area contributed by atoms with Gasteiger partial charge in [-0.15, -0.1) is 13.2 Å². The third kappa shape index (κ3) is 7.38. The molecule has 9 nitrogen and oxygen atoms in total. The first-order valence-electron chi connectivity index (χ1n) is 11.2. The Hall–Kier alpha value is -4.22. The molecule has 1 aliphatic heterocycles. The lowest BCUT2D eigenvalue weighted by Gasteiger charge is -2.32. The first-order chi connectivity index (χ1) is 17.3. The number of halogens is 3. The number of hydrogen-bond acceptors (Lipinski definition) is 7. The van der Waals surface area contributed by atoms with E-state index in [0.717, 1.165) is 12.1 Å². The molecule has 0 aromatic heterocycles. The highest BCUT2D eigenvalue weighted by Crippen LogP contribution is 2.29. The van der Waals surface area contributed by atoms with Crippen molar-refractivity contribution in [3.63, 3.8) is 0 Å². The van der Waals surface area contributed by atoms with E-state index in [1.54, 1.807) is 24.0 Å². The number of alkyl halides is 3. The van der Waals surface area contributed by atoms with Gasteiger partial charge in [-0.25, -0.2) is 9.59 Å². The summed E-state index contributed by atoms with van der Waals surface area (Å²) < 4.78 is 50.8. The van der Waals surface area contributed by atoms with Crippen molar-refractivity contribution >= 4 is 29.3 Å². The van der Waals surface area contributed by atoms with Gasteiger partial charge in [0, 0.05) is 16.9 Å². The highest BCUT2D eigenvalue weighted by Gasteiger charge is 2.40. The molecule has 0 radical (unpaired) electrons. The number of nitrogens with one attached hydrogen (secondary N) is 2. The van der Waals surface area contributed by atoms with Gasteiger partial charge in [0.2, 0.25) is 0 Å². The molecule has 0 spiro atoms. The van der Waals surface area contributed by atoms with Crippen LogP contribution in [0.15, 0.2) is 59.8 Å². The van der Waals surface area contributed by atoms with Gasteiger partial charge in [-0.2, -0.15) is 0 Å². The zero-order valence-corrected chi connectivity index (χ0v) is 20.6. The van der Waals surface area contributed by atoms with E-state index in [0.29, 0.717) is 5.69 Å². The number of amides is 2.